The monoisotopic (exact) mass is 375 g/mol. The summed E-state index contributed by atoms with van der Waals surface area (Å²) in [5.74, 6) is 0.718. The van der Waals surface area contributed by atoms with Crippen molar-refractivity contribution in [3.05, 3.63) is 40.3 Å². The molecular formula is C12H14BrN3O2S2. The van der Waals surface area contributed by atoms with Crippen molar-refractivity contribution in [3.8, 4) is 0 Å². The number of halogens is 1. The predicted octanol–water partition coefficient (Wildman–Crippen LogP) is 2.64. The average molecular weight is 376 g/mol. The Labute approximate surface area is 130 Å². The van der Waals surface area contributed by atoms with Gasteiger partial charge in [0.1, 0.15) is 10.0 Å². The number of nitrogens with zero attached hydrogens (tertiary/aromatic N) is 2. The SMILES string of the molecule is CN(CCNc1ccc(Br)cn1)S(=O)(=O)c1cccs1. The van der Waals surface area contributed by atoms with Gasteiger partial charge < -0.3 is 5.32 Å². The minimum absolute atomic E-state index is 0.363. The first-order valence-corrected chi connectivity index (χ1v) is 8.97. The lowest BCUT2D eigenvalue weighted by Crippen LogP contribution is -2.31. The van der Waals surface area contributed by atoms with Gasteiger partial charge in [0, 0.05) is 30.8 Å². The van der Waals surface area contributed by atoms with Crippen molar-refractivity contribution in [1.82, 2.24) is 9.29 Å². The molecule has 108 valence electrons. The summed E-state index contributed by atoms with van der Waals surface area (Å²) in [6.45, 7) is 0.869. The maximum Gasteiger partial charge on any atom is 0.252 e. The van der Waals surface area contributed by atoms with Crippen molar-refractivity contribution < 1.29 is 8.42 Å². The molecule has 0 spiro atoms. The van der Waals surface area contributed by atoms with Crippen LogP contribution in [-0.2, 0) is 10.0 Å². The van der Waals surface area contributed by atoms with E-state index in [2.05, 4.69) is 26.2 Å². The zero-order chi connectivity index (χ0) is 14.6. The molecule has 8 heteroatoms. The second-order valence-electron chi connectivity index (χ2n) is 4.05. The fourth-order valence-corrected chi connectivity index (χ4v) is 4.11. The first-order valence-electron chi connectivity index (χ1n) is 5.85. The summed E-state index contributed by atoms with van der Waals surface area (Å²) in [7, 11) is -1.80. The number of hydrogen-bond donors (Lipinski definition) is 1. The van der Waals surface area contributed by atoms with Crippen molar-refractivity contribution in [2.24, 2.45) is 0 Å². The van der Waals surface area contributed by atoms with Gasteiger partial charge in [-0.25, -0.2) is 13.4 Å². The predicted molar refractivity (Wildman–Crippen MR) is 84.6 cm³/mol. The number of nitrogens with one attached hydrogen (secondary N) is 1. The van der Waals surface area contributed by atoms with Gasteiger partial charge in [-0.3, -0.25) is 0 Å². The second-order valence-corrected chi connectivity index (χ2v) is 8.18. The Morgan fingerprint density at radius 3 is 2.80 bits per heavy atom. The van der Waals surface area contributed by atoms with Crippen LogP contribution in [0.5, 0.6) is 0 Å². The number of anilines is 1. The molecule has 2 rings (SSSR count). The molecule has 0 amide bonds. The summed E-state index contributed by atoms with van der Waals surface area (Å²) < 4.78 is 26.9. The van der Waals surface area contributed by atoms with Crippen LogP contribution in [0.3, 0.4) is 0 Å². The number of likely N-dealkylation sites (N-methyl/N-ethyl adjacent to an activating group) is 1. The molecule has 0 fully saturated rings. The Kier molecular flexibility index (Phi) is 5.14. The molecule has 2 heterocycles. The van der Waals surface area contributed by atoms with Gasteiger partial charge in [-0.1, -0.05) is 6.07 Å². The van der Waals surface area contributed by atoms with E-state index in [0.29, 0.717) is 17.3 Å². The van der Waals surface area contributed by atoms with Gasteiger partial charge in [-0.2, -0.15) is 4.31 Å². The van der Waals surface area contributed by atoms with E-state index >= 15 is 0 Å². The Morgan fingerprint density at radius 1 is 1.40 bits per heavy atom. The normalized spacial score (nSPS) is 11.8. The highest BCUT2D eigenvalue weighted by molar-refractivity contribution is 9.10. The highest BCUT2D eigenvalue weighted by atomic mass is 79.9. The molecule has 20 heavy (non-hydrogen) atoms. The van der Waals surface area contributed by atoms with Gasteiger partial charge in [0.05, 0.1) is 0 Å². The van der Waals surface area contributed by atoms with Crippen molar-refractivity contribution in [3.63, 3.8) is 0 Å². The van der Waals surface area contributed by atoms with Crippen molar-refractivity contribution in [2.45, 2.75) is 4.21 Å². The van der Waals surface area contributed by atoms with E-state index in [1.54, 1.807) is 30.8 Å². The first-order chi connectivity index (χ1) is 9.50. The lowest BCUT2D eigenvalue weighted by atomic mass is 10.4. The lowest BCUT2D eigenvalue weighted by molar-refractivity contribution is 0.482. The third-order valence-corrected chi connectivity index (χ3v) is 6.32. The third kappa shape index (κ3) is 3.78. The molecule has 1 N–H and O–H groups in total. The molecule has 5 nitrogen and oxygen atoms in total. The van der Waals surface area contributed by atoms with Crippen LogP contribution in [0.1, 0.15) is 0 Å². The molecule has 0 aliphatic heterocycles. The molecular weight excluding hydrogens is 362 g/mol. The van der Waals surface area contributed by atoms with Gasteiger partial charge in [0.2, 0.25) is 0 Å². The Hall–Kier alpha value is -0.960. The van der Waals surface area contributed by atoms with E-state index in [1.807, 2.05) is 12.1 Å². The summed E-state index contributed by atoms with van der Waals surface area (Å²) in [6, 6.07) is 7.05. The van der Waals surface area contributed by atoms with Crippen LogP contribution in [0.25, 0.3) is 0 Å². The molecule has 0 atom stereocenters. The quantitative estimate of drug-likeness (QED) is 0.842. The topological polar surface area (TPSA) is 62.3 Å². The first kappa shape index (κ1) is 15.4. The summed E-state index contributed by atoms with van der Waals surface area (Å²) in [6.07, 6.45) is 1.69. The summed E-state index contributed by atoms with van der Waals surface area (Å²) >= 11 is 4.53. The van der Waals surface area contributed by atoms with Crippen LogP contribution in [0.4, 0.5) is 5.82 Å². The largest absolute Gasteiger partial charge is 0.369 e. The van der Waals surface area contributed by atoms with Gasteiger partial charge >= 0.3 is 0 Å². The van der Waals surface area contributed by atoms with Gasteiger partial charge in [-0.15, -0.1) is 11.3 Å². The smallest absolute Gasteiger partial charge is 0.252 e. The van der Waals surface area contributed by atoms with Crippen molar-refractivity contribution in [2.75, 3.05) is 25.5 Å². The van der Waals surface area contributed by atoms with Gasteiger partial charge in [0.15, 0.2) is 0 Å². The number of aromatic nitrogens is 1. The number of thiophene rings is 1. The van der Waals surface area contributed by atoms with Crippen molar-refractivity contribution in [1.29, 1.82) is 0 Å². The van der Waals surface area contributed by atoms with Crippen LogP contribution in [0, 0.1) is 0 Å². The average Bonchev–Trinajstić information content (AvgIpc) is 2.95. The van der Waals surface area contributed by atoms with Crippen LogP contribution in [0.15, 0.2) is 44.5 Å². The molecule has 0 saturated heterocycles. The van der Waals surface area contributed by atoms with E-state index in [1.165, 1.54) is 15.6 Å². The number of rotatable bonds is 6. The van der Waals surface area contributed by atoms with Crippen LogP contribution < -0.4 is 5.32 Å². The van der Waals surface area contributed by atoms with Gasteiger partial charge in [0.25, 0.3) is 10.0 Å². The van der Waals surface area contributed by atoms with Crippen LogP contribution in [0.2, 0.25) is 0 Å². The molecule has 0 aliphatic carbocycles. The van der Waals surface area contributed by atoms with Crippen molar-refractivity contribution >= 4 is 43.1 Å². The Morgan fingerprint density at radius 2 is 2.20 bits per heavy atom. The number of hydrogen-bond acceptors (Lipinski definition) is 5. The second kappa shape index (κ2) is 6.66. The minimum atomic E-state index is -3.37. The van der Waals surface area contributed by atoms with Crippen LogP contribution in [-0.4, -0.2) is 37.8 Å². The molecule has 0 bridgehead atoms. The molecule has 2 aromatic heterocycles. The van der Waals surface area contributed by atoms with E-state index in [4.69, 9.17) is 0 Å². The number of sulfonamides is 1. The molecule has 0 saturated carbocycles. The van der Waals surface area contributed by atoms with Gasteiger partial charge in [-0.05, 0) is 39.5 Å². The summed E-state index contributed by atoms with van der Waals surface area (Å²) in [5, 5.41) is 4.84. The summed E-state index contributed by atoms with van der Waals surface area (Å²) in [5.41, 5.74) is 0. The Bertz CT molecular complexity index is 642. The molecule has 0 aliphatic rings. The zero-order valence-corrected chi connectivity index (χ0v) is 14.0. The minimum Gasteiger partial charge on any atom is -0.369 e. The van der Waals surface area contributed by atoms with E-state index in [0.717, 1.165) is 10.3 Å². The van der Waals surface area contributed by atoms with E-state index in [-0.39, 0.29) is 0 Å². The summed E-state index contributed by atoms with van der Waals surface area (Å²) in [4.78, 5) is 4.16. The van der Waals surface area contributed by atoms with Crippen LogP contribution >= 0.6 is 27.3 Å². The maximum atomic E-state index is 12.2. The fraction of sp³-hybridized carbons (Fsp3) is 0.250. The van der Waals surface area contributed by atoms with E-state index in [9.17, 15) is 8.42 Å². The van der Waals surface area contributed by atoms with E-state index < -0.39 is 10.0 Å². The third-order valence-electron chi connectivity index (χ3n) is 2.62. The lowest BCUT2D eigenvalue weighted by Gasteiger charge is -2.16. The highest BCUT2D eigenvalue weighted by Gasteiger charge is 2.20. The molecule has 2 aromatic rings. The molecule has 0 radical (unpaired) electrons. The standard InChI is InChI=1S/C12H14BrN3O2S2/c1-16(20(17,18)12-3-2-8-19-12)7-6-14-11-5-4-10(13)9-15-11/h2-5,8-9H,6-7H2,1H3,(H,14,15). The number of pyridine rings is 1. The Balaban J connectivity index is 1.89. The maximum absolute atomic E-state index is 12.2. The zero-order valence-electron chi connectivity index (χ0n) is 10.8. The fourth-order valence-electron chi connectivity index (χ4n) is 1.51. The highest BCUT2D eigenvalue weighted by Crippen LogP contribution is 2.19. The molecule has 0 aromatic carbocycles. The molecule has 0 unspecified atom stereocenters.